The Labute approximate surface area is 74.0 Å². The van der Waals surface area contributed by atoms with Gasteiger partial charge in [-0.2, -0.15) is 0 Å². The fourth-order valence-corrected chi connectivity index (χ4v) is 2.04. The van der Waals surface area contributed by atoms with E-state index in [0.717, 1.165) is 19.3 Å². The summed E-state index contributed by atoms with van der Waals surface area (Å²) in [5.41, 5.74) is -0.452. The summed E-state index contributed by atoms with van der Waals surface area (Å²) in [6.07, 6.45) is 2.74. The molecular formula is C10H18O2. The first-order valence-electron chi connectivity index (χ1n) is 4.69. The van der Waals surface area contributed by atoms with Crippen molar-refractivity contribution >= 4 is 5.97 Å². The van der Waals surface area contributed by atoms with Gasteiger partial charge in [0.15, 0.2) is 0 Å². The SMILES string of the molecule is CC1CCC(C)(C(=O)O)CC1C. The molecule has 2 heteroatoms. The Hall–Kier alpha value is -0.530. The van der Waals surface area contributed by atoms with Crippen LogP contribution in [0.15, 0.2) is 0 Å². The van der Waals surface area contributed by atoms with Crippen LogP contribution >= 0.6 is 0 Å². The number of rotatable bonds is 1. The predicted molar refractivity (Wildman–Crippen MR) is 47.9 cm³/mol. The number of aliphatic carboxylic acids is 1. The van der Waals surface area contributed by atoms with Gasteiger partial charge in [-0.15, -0.1) is 0 Å². The molecule has 3 atom stereocenters. The minimum Gasteiger partial charge on any atom is -0.481 e. The first kappa shape index (κ1) is 9.56. The van der Waals surface area contributed by atoms with E-state index in [1.54, 1.807) is 0 Å². The summed E-state index contributed by atoms with van der Waals surface area (Å²) < 4.78 is 0. The molecule has 0 radical (unpaired) electrons. The fraction of sp³-hybridized carbons (Fsp3) is 0.900. The molecule has 2 nitrogen and oxygen atoms in total. The van der Waals surface area contributed by atoms with Crippen LogP contribution in [0.4, 0.5) is 0 Å². The van der Waals surface area contributed by atoms with Gasteiger partial charge in [0.05, 0.1) is 5.41 Å². The molecule has 0 amide bonds. The molecule has 0 bridgehead atoms. The van der Waals surface area contributed by atoms with Crippen molar-refractivity contribution in [3.05, 3.63) is 0 Å². The van der Waals surface area contributed by atoms with E-state index < -0.39 is 11.4 Å². The van der Waals surface area contributed by atoms with E-state index in [0.29, 0.717) is 11.8 Å². The maximum absolute atomic E-state index is 10.9. The molecule has 70 valence electrons. The molecule has 0 heterocycles. The van der Waals surface area contributed by atoms with Crippen molar-refractivity contribution < 1.29 is 9.90 Å². The van der Waals surface area contributed by atoms with Crippen LogP contribution in [0.3, 0.4) is 0 Å². The molecule has 1 N–H and O–H groups in total. The molecule has 3 unspecified atom stereocenters. The molecule has 1 fully saturated rings. The molecule has 1 aliphatic carbocycles. The second-order valence-electron chi connectivity index (χ2n) is 4.56. The molecular weight excluding hydrogens is 152 g/mol. The largest absolute Gasteiger partial charge is 0.481 e. The molecule has 0 spiro atoms. The number of carboxylic acids is 1. The summed E-state index contributed by atoms with van der Waals surface area (Å²) in [4.78, 5) is 10.9. The van der Waals surface area contributed by atoms with Crippen molar-refractivity contribution in [1.29, 1.82) is 0 Å². The predicted octanol–water partition coefficient (Wildman–Crippen LogP) is 2.53. The van der Waals surface area contributed by atoms with Crippen molar-refractivity contribution in [3.63, 3.8) is 0 Å². The van der Waals surface area contributed by atoms with E-state index in [9.17, 15) is 4.79 Å². The summed E-state index contributed by atoms with van der Waals surface area (Å²) >= 11 is 0. The van der Waals surface area contributed by atoms with Crippen LogP contribution in [0.2, 0.25) is 0 Å². The van der Waals surface area contributed by atoms with E-state index >= 15 is 0 Å². The minimum absolute atomic E-state index is 0.452. The lowest BCUT2D eigenvalue weighted by molar-refractivity contribution is -0.151. The number of carbonyl (C=O) groups is 1. The van der Waals surface area contributed by atoms with Gasteiger partial charge in [0, 0.05) is 0 Å². The van der Waals surface area contributed by atoms with Crippen molar-refractivity contribution in [2.24, 2.45) is 17.3 Å². The Kier molecular flexibility index (Phi) is 2.45. The fourth-order valence-electron chi connectivity index (χ4n) is 2.04. The lowest BCUT2D eigenvalue weighted by Crippen LogP contribution is -2.35. The molecule has 0 saturated heterocycles. The van der Waals surface area contributed by atoms with E-state index in [4.69, 9.17) is 5.11 Å². The molecule has 1 rings (SSSR count). The first-order chi connectivity index (χ1) is 5.46. The quantitative estimate of drug-likeness (QED) is 0.656. The van der Waals surface area contributed by atoms with Gasteiger partial charge < -0.3 is 5.11 Å². The summed E-state index contributed by atoms with van der Waals surface area (Å²) in [5.74, 6) is 0.624. The summed E-state index contributed by atoms with van der Waals surface area (Å²) in [6, 6.07) is 0. The van der Waals surface area contributed by atoms with Crippen LogP contribution in [0, 0.1) is 17.3 Å². The van der Waals surface area contributed by atoms with Crippen LogP contribution in [0.25, 0.3) is 0 Å². The van der Waals surface area contributed by atoms with Crippen LogP contribution in [0.1, 0.15) is 40.0 Å². The molecule has 0 aromatic heterocycles. The molecule has 1 saturated carbocycles. The lowest BCUT2D eigenvalue weighted by Gasteiger charge is -2.37. The monoisotopic (exact) mass is 170 g/mol. The average molecular weight is 170 g/mol. The van der Waals surface area contributed by atoms with E-state index in [2.05, 4.69) is 13.8 Å². The summed E-state index contributed by atoms with van der Waals surface area (Å²) in [5, 5.41) is 9.00. The van der Waals surface area contributed by atoms with Crippen molar-refractivity contribution in [2.45, 2.75) is 40.0 Å². The highest BCUT2D eigenvalue weighted by molar-refractivity contribution is 5.74. The van der Waals surface area contributed by atoms with Crippen molar-refractivity contribution in [1.82, 2.24) is 0 Å². The van der Waals surface area contributed by atoms with Crippen LogP contribution in [0.5, 0.6) is 0 Å². The third kappa shape index (κ3) is 1.62. The molecule has 0 aliphatic heterocycles. The molecule has 0 aromatic rings. The number of hydrogen-bond donors (Lipinski definition) is 1. The van der Waals surface area contributed by atoms with Crippen molar-refractivity contribution in [3.8, 4) is 0 Å². The molecule has 1 aliphatic rings. The zero-order valence-electron chi connectivity index (χ0n) is 8.13. The van der Waals surface area contributed by atoms with Crippen LogP contribution in [-0.4, -0.2) is 11.1 Å². The zero-order chi connectivity index (χ0) is 9.35. The first-order valence-corrected chi connectivity index (χ1v) is 4.69. The Morgan fingerprint density at radius 3 is 2.42 bits per heavy atom. The highest BCUT2D eigenvalue weighted by Gasteiger charge is 2.39. The van der Waals surface area contributed by atoms with Crippen LogP contribution in [-0.2, 0) is 4.79 Å². The Morgan fingerprint density at radius 1 is 1.42 bits per heavy atom. The molecule has 12 heavy (non-hydrogen) atoms. The van der Waals surface area contributed by atoms with Gasteiger partial charge in [-0.25, -0.2) is 0 Å². The number of carboxylic acid groups (broad SMARTS) is 1. The summed E-state index contributed by atoms with van der Waals surface area (Å²) in [7, 11) is 0. The second kappa shape index (κ2) is 3.08. The van der Waals surface area contributed by atoms with E-state index in [1.165, 1.54) is 0 Å². The van der Waals surface area contributed by atoms with E-state index in [-0.39, 0.29) is 0 Å². The third-order valence-corrected chi connectivity index (χ3v) is 3.41. The van der Waals surface area contributed by atoms with Crippen LogP contribution < -0.4 is 0 Å². The highest BCUT2D eigenvalue weighted by Crippen LogP contribution is 2.41. The van der Waals surface area contributed by atoms with E-state index in [1.807, 2.05) is 6.92 Å². The second-order valence-corrected chi connectivity index (χ2v) is 4.56. The van der Waals surface area contributed by atoms with Crippen molar-refractivity contribution in [2.75, 3.05) is 0 Å². The van der Waals surface area contributed by atoms with Gasteiger partial charge in [0.25, 0.3) is 0 Å². The topological polar surface area (TPSA) is 37.3 Å². The standard InChI is InChI=1S/C10H18O2/c1-7-4-5-10(3,9(11)12)6-8(7)2/h7-8H,4-6H2,1-3H3,(H,11,12). The minimum atomic E-state index is -0.624. The highest BCUT2D eigenvalue weighted by atomic mass is 16.4. The molecule has 0 aromatic carbocycles. The Morgan fingerprint density at radius 2 is 2.00 bits per heavy atom. The maximum Gasteiger partial charge on any atom is 0.309 e. The Bertz CT molecular complexity index is 188. The Balaban J connectivity index is 2.66. The number of hydrogen-bond acceptors (Lipinski definition) is 1. The van der Waals surface area contributed by atoms with Gasteiger partial charge in [0.2, 0.25) is 0 Å². The van der Waals surface area contributed by atoms with Gasteiger partial charge >= 0.3 is 5.97 Å². The third-order valence-electron chi connectivity index (χ3n) is 3.41. The smallest absolute Gasteiger partial charge is 0.309 e. The van der Waals surface area contributed by atoms with Gasteiger partial charge in [-0.1, -0.05) is 13.8 Å². The lowest BCUT2D eigenvalue weighted by atomic mass is 9.67. The van der Waals surface area contributed by atoms with Gasteiger partial charge in [-0.3, -0.25) is 4.79 Å². The van der Waals surface area contributed by atoms with Gasteiger partial charge in [0.1, 0.15) is 0 Å². The zero-order valence-corrected chi connectivity index (χ0v) is 8.13. The van der Waals surface area contributed by atoms with Gasteiger partial charge in [-0.05, 0) is 38.0 Å². The summed E-state index contributed by atoms with van der Waals surface area (Å²) in [6.45, 7) is 6.24. The average Bonchev–Trinajstić information content (AvgIpc) is 1.97. The maximum atomic E-state index is 10.9. The normalized spacial score (nSPS) is 42.6.